The molecule has 0 radical (unpaired) electrons. The maximum atomic E-state index is 11.4. The molecule has 0 saturated heterocycles. The predicted octanol–water partition coefficient (Wildman–Crippen LogP) is 1.88. The lowest BCUT2D eigenvalue weighted by Crippen LogP contribution is -2.08. The maximum absolute atomic E-state index is 11.4. The highest BCUT2D eigenvalue weighted by atomic mass is 16.5. The summed E-state index contributed by atoms with van der Waals surface area (Å²) in [4.78, 5) is 15.4. The number of pyridine rings is 1. The van der Waals surface area contributed by atoms with Crippen molar-refractivity contribution >= 4 is 5.97 Å². The van der Waals surface area contributed by atoms with Crippen LogP contribution in [0.5, 0.6) is 0 Å². The van der Waals surface area contributed by atoms with Gasteiger partial charge in [0.15, 0.2) is 0 Å². The molecular formula is C10H13NO2. The molecule has 0 unspecified atom stereocenters. The van der Waals surface area contributed by atoms with Gasteiger partial charge in [0, 0.05) is 11.9 Å². The normalized spacial score (nSPS) is 9.77. The quantitative estimate of drug-likeness (QED) is 0.650. The fourth-order valence-electron chi connectivity index (χ4n) is 1.07. The van der Waals surface area contributed by atoms with Crippen LogP contribution in [0.1, 0.15) is 28.5 Å². The number of nitrogens with zero attached hydrogens (tertiary/aromatic N) is 1. The second-order valence-electron chi connectivity index (χ2n) is 2.79. The number of rotatable bonds is 2. The summed E-state index contributed by atoms with van der Waals surface area (Å²) >= 11 is 0. The van der Waals surface area contributed by atoms with Gasteiger partial charge in [0.1, 0.15) is 0 Å². The largest absolute Gasteiger partial charge is 0.462 e. The molecule has 1 aromatic rings. The molecule has 0 aliphatic heterocycles. The topological polar surface area (TPSA) is 39.2 Å². The van der Waals surface area contributed by atoms with Crippen molar-refractivity contribution in [3.8, 4) is 0 Å². The molecule has 0 atom stereocenters. The van der Waals surface area contributed by atoms with Gasteiger partial charge in [-0.05, 0) is 32.4 Å². The summed E-state index contributed by atoms with van der Waals surface area (Å²) in [5.74, 6) is -0.273. The predicted molar refractivity (Wildman–Crippen MR) is 49.7 cm³/mol. The number of carbonyl (C=O) groups is 1. The molecule has 0 aliphatic rings. The van der Waals surface area contributed by atoms with Gasteiger partial charge in [-0.3, -0.25) is 4.98 Å². The molecule has 0 fully saturated rings. The van der Waals surface area contributed by atoms with Crippen molar-refractivity contribution in [3.05, 3.63) is 29.1 Å². The Balaban J connectivity index is 3.01. The molecule has 0 saturated carbocycles. The van der Waals surface area contributed by atoms with Gasteiger partial charge in [-0.15, -0.1) is 0 Å². The molecule has 0 aliphatic carbocycles. The maximum Gasteiger partial charge on any atom is 0.338 e. The van der Waals surface area contributed by atoms with Gasteiger partial charge in [0.25, 0.3) is 0 Å². The first-order chi connectivity index (χ1) is 6.16. The van der Waals surface area contributed by atoms with Crippen molar-refractivity contribution in [2.75, 3.05) is 6.61 Å². The third kappa shape index (κ3) is 2.05. The van der Waals surface area contributed by atoms with E-state index in [-0.39, 0.29) is 5.97 Å². The zero-order chi connectivity index (χ0) is 9.84. The lowest BCUT2D eigenvalue weighted by atomic mass is 10.1. The van der Waals surface area contributed by atoms with Gasteiger partial charge in [0.2, 0.25) is 0 Å². The fourth-order valence-corrected chi connectivity index (χ4v) is 1.07. The minimum atomic E-state index is -0.273. The van der Waals surface area contributed by atoms with Crippen LogP contribution in [0.15, 0.2) is 12.3 Å². The highest BCUT2D eigenvalue weighted by molar-refractivity contribution is 5.91. The molecule has 13 heavy (non-hydrogen) atoms. The Morgan fingerprint density at radius 1 is 1.54 bits per heavy atom. The molecule has 0 aromatic carbocycles. The van der Waals surface area contributed by atoms with Crippen LogP contribution in [0.3, 0.4) is 0 Å². The molecule has 0 amide bonds. The molecule has 0 bridgehead atoms. The third-order valence-corrected chi connectivity index (χ3v) is 1.95. The highest BCUT2D eigenvalue weighted by Crippen LogP contribution is 2.11. The summed E-state index contributed by atoms with van der Waals surface area (Å²) in [7, 11) is 0. The standard InChI is InChI=1S/C10H13NO2/c1-4-13-10(12)9-5-6-11-8(3)7(9)2/h5-6H,4H2,1-3H3. The first kappa shape index (κ1) is 9.71. The smallest absolute Gasteiger partial charge is 0.338 e. The van der Waals surface area contributed by atoms with Crippen molar-refractivity contribution < 1.29 is 9.53 Å². The number of ether oxygens (including phenoxy) is 1. The molecule has 0 spiro atoms. The van der Waals surface area contributed by atoms with Crippen LogP contribution in [-0.4, -0.2) is 17.6 Å². The second kappa shape index (κ2) is 4.03. The molecule has 1 aromatic heterocycles. The monoisotopic (exact) mass is 179 g/mol. The second-order valence-corrected chi connectivity index (χ2v) is 2.79. The number of hydrogen-bond donors (Lipinski definition) is 0. The third-order valence-electron chi connectivity index (χ3n) is 1.95. The van der Waals surface area contributed by atoms with Gasteiger partial charge < -0.3 is 4.74 Å². The average molecular weight is 179 g/mol. The molecule has 1 heterocycles. The number of esters is 1. The number of hydrogen-bond acceptors (Lipinski definition) is 3. The summed E-state index contributed by atoms with van der Waals surface area (Å²) in [5.41, 5.74) is 2.36. The van der Waals surface area contributed by atoms with E-state index in [1.807, 2.05) is 13.8 Å². The van der Waals surface area contributed by atoms with Crippen LogP contribution in [-0.2, 0) is 4.74 Å². The first-order valence-electron chi connectivity index (χ1n) is 4.26. The van der Waals surface area contributed by atoms with E-state index in [0.29, 0.717) is 12.2 Å². The van der Waals surface area contributed by atoms with E-state index in [2.05, 4.69) is 4.98 Å². The lowest BCUT2D eigenvalue weighted by Gasteiger charge is -2.06. The van der Waals surface area contributed by atoms with E-state index >= 15 is 0 Å². The SMILES string of the molecule is CCOC(=O)c1ccnc(C)c1C. The van der Waals surface area contributed by atoms with Crippen molar-refractivity contribution in [2.24, 2.45) is 0 Å². The van der Waals surface area contributed by atoms with Gasteiger partial charge in [-0.2, -0.15) is 0 Å². The van der Waals surface area contributed by atoms with E-state index in [0.717, 1.165) is 11.3 Å². The number of aromatic nitrogens is 1. The average Bonchev–Trinajstić information content (AvgIpc) is 2.10. The molecule has 3 nitrogen and oxygen atoms in total. The van der Waals surface area contributed by atoms with Crippen LogP contribution < -0.4 is 0 Å². The Morgan fingerprint density at radius 2 is 2.23 bits per heavy atom. The van der Waals surface area contributed by atoms with Crippen LogP contribution >= 0.6 is 0 Å². The highest BCUT2D eigenvalue weighted by Gasteiger charge is 2.10. The first-order valence-corrected chi connectivity index (χ1v) is 4.26. The Kier molecular flexibility index (Phi) is 3.01. The Bertz CT molecular complexity index is 321. The van der Waals surface area contributed by atoms with E-state index in [9.17, 15) is 4.79 Å². The molecule has 3 heteroatoms. The molecule has 0 N–H and O–H groups in total. The summed E-state index contributed by atoms with van der Waals surface area (Å²) in [6.45, 7) is 5.94. The molecular weight excluding hydrogens is 166 g/mol. The Morgan fingerprint density at radius 3 is 2.85 bits per heavy atom. The summed E-state index contributed by atoms with van der Waals surface area (Å²) in [6.07, 6.45) is 1.62. The molecule has 1 rings (SSSR count). The zero-order valence-corrected chi connectivity index (χ0v) is 8.13. The van der Waals surface area contributed by atoms with Gasteiger partial charge in [-0.1, -0.05) is 0 Å². The van der Waals surface area contributed by atoms with E-state index in [1.54, 1.807) is 19.2 Å². The zero-order valence-electron chi connectivity index (χ0n) is 8.13. The minimum Gasteiger partial charge on any atom is -0.462 e. The Labute approximate surface area is 77.8 Å². The van der Waals surface area contributed by atoms with Crippen LogP contribution in [0.2, 0.25) is 0 Å². The van der Waals surface area contributed by atoms with Gasteiger partial charge >= 0.3 is 5.97 Å². The van der Waals surface area contributed by atoms with E-state index in [1.165, 1.54) is 0 Å². The van der Waals surface area contributed by atoms with E-state index in [4.69, 9.17) is 4.74 Å². The van der Waals surface area contributed by atoms with E-state index < -0.39 is 0 Å². The lowest BCUT2D eigenvalue weighted by molar-refractivity contribution is 0.0525. The van der Waals surface area contributed by atoms with Crippen LogP contribution in [0, 0.1) is 13.8 Å². The number of carbonyl (C=O) groups excluding carboxylic acids is 1. The summed E-state index contributed by atoms with van der Waals surface area (Å²) in [5, 5.41) is 0. The van der Waals surface area contributed by atoms with Crippen LogP contribution in [0.4, 0.5) is 0 Å². The van der Waals surface area contributed by atoms with Crippen LogP contribution in [0.25, 0.3) is 0 Å². The number of aryl methyl sites for hydroxylation is 1. The van der Waals surface area contributed by atoms with Gasteiger partial charge in [0.05, 0.1) is 12.2 Å². The molecule has 70 valence electrons. The minimum absolute atomic E-state index is 0.273. The van der Waals surface area contributed by atoms with Crippen molar-refractivity contribution in [3.63, 3.8) is 0 Å². The van der Waals surface area contributed by atoms with Crippen molar-refractivity contribution in [1.29, 1.82) is 0 Å². The summed E-state index contributed by atoms with van der Waals surface area (Å²) in [6, 6.07) is 1.68. The Hall–Kier alpha value is -1.38. The summed E-state index contributed by atoms with van der Waals surface area (Å²) < 4.78 is 4.90. The van der Waals surface area contributed by atoms with Crippen molar-refractivity contribution in [2.45, 2.75) is 20.8 Å². The van der Waals surface area contributed by atoms with Gasteiger partial charge in [-0.25, -0.2) is 4.79 Å². The fraction of sp³-hybridized carbons (Fsp3) is 0.400. The van der Waals surface area contributed by atoms with Crippen molar-refractivity contribution in [1.82, 2.24) is 4.98 Å².